The molecule has 5 heteroatoms. The molecule has 0 amide bonds. The molecule has 2 saturated carbocycles. The number of nitrogens with zero attached hydrogens (tertiary/aromatic N) is 1. The number of aliphatic hydroxyl groups excluding tert-OH is 2. The minimum absolute atomic E-state index is 0. The van der Waals surface area contributed by atoms with Gasteiger partial charge in [-0.05, 0) is 114 Å². The van der Waals surface area contributed by atoms with Crippen molar-refractivity contribution < 1.29 is 10.2 Å². The molecule has 0 bridgehead atoms. The van der Waals surface area contributed by atoms with E-state index in [1.54, 1.807) is 0 Å². The third-order valence-corrected chi connectivity index (χ3v) is 8.54. The van der Waals surface area contributed by atoms with Gasteiger partial charge in [0.25, 0.3) is 0 Å². The molecule has 0 aromatic heterocycles. The van der Waals surface area contributed by atoms with Gasteiger partial charge in [0.05, 0.1) is 6.10 Å². The van der Waals surface area contributed by atoms with E-state index in [4.69, 9.17) is 16.6 Å². The normalized spacial score (nSPS) is 25.9. The molecule has 0 aromatic carbocycles. The lowest BCUT2D eigenvalue weighted by Crippen LogP contribution is -2.45. The highest BCUT2D eigenvalue weighted by molar-refractivity contribution is 4.79. The van der Waals surface area contributed by atoms with Crippen molar-refractivity contribution in [3.8, 4) is 0 Å². The van der Waals surface area contributed by atoms with Crippen molar-refractivity contribution in [2.45, 2.75) is 192 Å². The maximum atomic E-state index is 9.62. The molecule has 3 rings (SSSR count). The Morgan fingerprint density at radius 2 is 1.17 bits per heavy atom. The summed E-state index contributed by atoms with van der Waals surface area (Å²) in [5, 5.41) is 17.9. The molecule has 260 valence electrons. The SMILES string of the molecule is C.C.C.CC(C)CC1CCCCC1N.CC(C)CC1CCCCC1O.CC(C)CCCO.CC(C)N1CCCC(N)C1. The van der Waals surface area contributed by atoms with Crippen LogP contribution in [-0.2, 0) is 0 Å². The summed E-state index contributed by atoms with van der Waals surface area (Å²) in [6, 6.07) is 1.61. The van der Waals surface area contributed by atoms with Gasteiger partial charge < -0.3 is 21.7 Å². The molecular formula is C37H85N3O2. The van der Waals surface area contributed by atoms with Crippen LogP contribution in [0, 0.1) is 29.6 Å². The van der Waals surface area contributed by atoms with Crippen LogP contribution >= 0.6 is 0 Å². The Hall–Kier alpha value is -0.200. The first-order valence-electron chi connectivity index (χ1n) is 16.9. The second-order valence-corrected chi connectivity index (χ2v) is 14.3. The van der Waals surface area contributed by atoms with Gasteiger partial charge in [-0.15, -0.1) is 0 Å². The van der Waals surface area contributed by atoms with E-state index in [1.807, 2.05) is 0 Å². The molecule has 2 aliphatic carbocycles. The Morgan fingerprint density at radius 1 is 0.667 bits per heavy atom. The minimum Gasteiger partial charge on any atom is -0.396 e. The second kappa shape index (κ2) is 29.5. The largest absolute Gasteiger partial charge is 0.396 e. The molecule has 1 saturated heterocycles. The van der Waals surface area contributed by atoms with Gasteiger partial charge in [0.1, 0.15) is 0 Å². The fourth-order valence-corrected chi connectivity index (χ4v) is 6.21. The van der Waals surface area contributed by atoms with Crippen molar-refractivity contribution in [3.05, 3.63) is 0 Å². The molecule has 3 aliphatic rings. The lowest BCUT2D eigenvalue weighted by atomic mass is 9.80. The molecule has 0 spiro atoms. The molecule has 1 heterocycles. The number of hydrogen-bond acceptors (Lipinski definition) is 5. The van der Waals surface area contributed by atoms with Gasteiger partial charge in [0.15, 0.2) is 0 Å². The predicted molar refractivity (Wildman–Crippen MR) is 192 cm³/mol. The first kappa shape index (κ1) is 48.7. The highest BCUT2D eigenvalue weighted by Gasteiger charge is 2.23. The summed E-state index contributed by atoms with van der Waals surface area (Å²) >= 11 is 0. The van der Waals surface area contributed by atoms with E-state index in [-0.39, 0.29) is 28.4 Å². The quantitative estimate of drug-likeness (QED) is 0.222. The molecule has 3 fully saturated rings. The first-order valence-corrected chi connectivity index (χ1v) is 16.9. The number of piperidine rings is 1. The fraction of sp³-hybridized carbons (Fsp3) is 1.00. The van der Waals surface area contributed by atoms with Crippen LogP contribution in [0.2, 0.25) is 0 Å². The number of hydrogen-bond donors (Lipinski definition) is 4. The van der Waals surface area contributed by atoms with E-state index >= 15 is 0 Å². The zero-order valence-electron chi connectivity index (χ0n) is 27.7. The summed E-state index contributed by atoms with van der Waals surface area (Å²) in [5.41, 5.74) is 11.8. The first-order chi connectivity index (χ1) is 18.4. The lowest BCUT2D eigenvalue weighted by molar-refractivity contribution is 0.0587. The van der Waals surface area contributed by atoms with Gasteiger partial charge in [-0.3, -0.25) is 4.90 Å². The van der Waals surface area contributed by atoms with Gasteiger partial charge in [-0.1, -0.05) is 89.5 Å². The molecular weight excluding hydrogens is 518 g/mol. The number of nitrogens with two attached hydrogens (primary N) is 2. The Bertz CT molecular complexity index is 513. The van der Waals surface area contributed by atoms with Crippen molar-refractivity contribution in [2.24, 2.45) is 41.1 Å². The van der Waals surface area contributed by atoms with Gasteiger partial charge in [-0.25, -0.2) is 0 Å². The summed E-state index contributed by atoms with van der Waals surface area (Å²) in [6.45, 7) is 20.5. The smallest absolute Gasteiger partial charge is 0.0568 e. The third-order valence-electron chi connectivity index (χ3n) is 8.54. The Labute approximate surface area is 267 Å². The maximum absolute atomic E-state index is 9.62. The van der Waals surface area contributed by atoms with Crippen molar-refractivity contribution in [1.29, 1.82) is 0 Å². The molecule has 5 nitrogen and oxygen atoms in total. The summed E-state index contributed by atoms with van der Waals surface area (Å²) < 4.78 is 0. The number of likely N-dealkylation sites (tertiary alicyclic amines) is 1. The van der Waals surface area contributed by atoms with Crippen molar-refractivity contribution in [3.63, 3.8) is 0 Å². The molecule has 0 radical (unpaired) electrons. The average molecular weight is 604 g/mol. The highest BCUT2D eigenvalue weighted by Crippen LogP contribution is 2.29. The molecule has 6 N–H and O–H groups in total. The number of aliphatic hydroxyl groups is 2. The van der Waals surface area contributed by atoms with E-state index in [1.165, 1.54) is 77.2 Å². The van der Waals surface area contributed by atoms with Crippen LogP contribution in [0.15, 0.2) is 0 Å². The second-order valence-electron chi connectivity index (χ2n) is 14.3. The fourth-order valence-electron chi connectivity index (χ4n) is 6.21. The topological polar surface area (TPSA) is 95.7 Å². The highest BCUT2D eigenvalue weighted by atomic mass is 16.3. The monoisotopic (exact) mass is 604 g/mol. The van der Waals surface area contributed by atoms with Gasteiger partial charge in [0, 0.05) is 31.3 Å². The maximum Gasteiger partial charge on any atom is 0.0568 e. The van der Waals surface area contributed by atoms with E-state index < -0.39 is 0 Å². The third kappa shape index (κ3) is 26.2. The molecule has 5 unspecified atom stereocenters. The van der Waals surface area contributed by atoms with E-state index in [0.717, 1.165) is 49.5 Å². The molecule has 5 atom stereocenters. The average Bonchev–Trinajstić information content (AvgIpc) is 2.86. The van der Waals surface area contributed by atoms with E-state index in [2.05, 4.69) is 60.3 Å². The summed E-state index contributed by atoms with van der Waals surface area (Å²) in [6.07, 6.45) is 17.4. The lowest BCUT2D eigenvalue weighted by Gasteiger charge is -2.33. The Balaban J connectivity index is -0.000000227. The van der Waals surface area contributed by atoms with Gasteiger partial charge in [0.2, 0.25) is 0 Å². The Kier molecular flexibility index (Phi) is 34.2. The van der Waals surface area contributed by atoms with Crippen LogP contribution in [0.1, 0.15) is 168 Å². The predicted octanol–water partition coefficient (Wildman–Crippen LogP) is 9.27. The summed E-state index contributed by atoms with van der Waals surface area (Å²) in [5.74, 6) is 3.73. The van der Waals surface area contributed by atoms with Crippen LogP contribution in [-0.4, -0.2) is 59.0 Å². The number of rotatable bonds is 8. The zero-order valence-corrected chi connectivity index (χ0v) is 27.7. The van der Waals surface area contributed by atoms with Gasteiger partial charge in [-0.2, -0.15) is 0 Å². The van der Waals surface area contributed by atoms with Crippen LogP contribution in [0.5, 0.6) is 0 Å². The van der Waals surface area contributed by atoms with Gasteiger partial charge >= 0.3 is 0 Å². The molecule has 0 aromatic rings. The molecule has 1 aliphatic heterocycles. The standard InChI is InChI=1S/C10H21N.C10H20O.C8H18N2.C6H14O.3CH4/c2*1-8(2)7-9-5-3-4-6-10(9)11;1-7(2)10-5-3-4-8(9)6-10;1-6(2)4-3-5-7;;;/h8-10H,3-7,11H2,1-2H3;8-11H,3-7H2,1-2H3;7-8H,3-6,9H2,1-2H3;6-7H,3-5H2,1-2H3;3*1H4. The van der Waals surface area contributed by atoms with Crippen LogP contribution in [0.25, 0.3) is 0 Å². The van der Waals surface area contributed by atoms with E-state index in [9.17, 15) is 5.11 Å². The summed E-state index contributed by atoms with van der Waals surface area (Å²) in [7, 11) is 0. The zero-order chi connectivity index (χ0) is 29.8. The van der Waals surface area contributed by atoms with Crippen LogP contribution in [0.4, 0.5) is 0 Å². The van der Waals surface area contributed by atoms with Crippen molar-refractivity contribution in [1.82, 2.24) is 4.90 Å². The van der Waals surface area contributed by atoms with Crippen molar-refractivity contribution in [2.75, 3.05) is 19.7 Å². The van der Waals surface area contributed by atoms with Crippen LogP contribution in [0.3, 0.4) is 0 Å². The van der Waals surface area contributed by atoms with Crippen LogP contribution < -0.4 is 11.5 Å². The van der Waals surface area contributed by atoms with Crippen molar-refractivity contribution >= 4 is 0 Å². The summed E-state index contributed by atoms with van der Waals surface area (Å²) in [4.78, 5) is 2.45. The Morgan fingerprint density at radius 3 is 1.55 bits per heavy atom. The van der Waals surface area contributed by atoms with E-state index in [0.29, 0.717) is 30.7 Å². The molecule has 42 heavy (non-hydrogen) atoms. The minimum atomic E-state index is 0.